The number of halogens is 1. The Hall–Kier alpha value is 0.250. The maximum absolute atomic E-state index is 5.72. The smallest absolute Gasteiger partial charge is 0.0381 e. The van der Waals surface area contributed by atoms with Crippen LogP contribution in [0.5, 0.6) is 0 Å². The molecule has 0 aromatic carbocycles. The fourth-order valence-electron chi connectivity index (χ4n) is 0.912. The van der Waals surface area contributed by atoms with Gasteiger partial charge < -0.3 is 4.90 Å². The molecule has 0 saturated heterocycles. The summed E-state index contributed by atoms with van der Waals surface area (Å²) in [5.74, 6) is 1.38. The van der Waals surface area contributed by atoms with E-state index in [0.29, 0.717) is 12.0 Å². The van der Waals surface area contributed by atoms with E-state index in [1.54, 1.807) is 0 Å². The molecular formula is C7H16ClN. The average molecular weight is 150 g/mol. The van der Waals surface area contributed by atoms with Gasteiger partial charge in [0.25, 0.3) is 0 Å². The molecule has 0 rings (SSSR count). The van der Waals surface area contributed by atoms with E-state index >= 15 is 0 Å². The summed E-state index contributed by atoms with van der Waals surface area (Å²) < 4.78 is 0. The zero-order chi connectivity index (χ0) is 7.44. The van der Waals surface area contributed by atoms with Gasteiger partial charge in [-0.15, -0.1) is 11.6 Å². The molecule has 0 heterocycles. The van der Waals surface area contributed by atoms with Crippen LogP contribution in [-0.2, 0) is 0 Å². The van der Waals surface area contributed by atoms with Gasteiger partial charge in [-0.2, -0.15) is 0 Å². The zero-order valence-corrected chi connectivity index (χ0v) is 7.44. The third-order valence-corrected chi connectivity index (χ3v) is 1.91. The molecular weight excluding hydrogens is 134 g/mol. The Balaban J connectivity index is 3.68. The maximum Gasteiger partial charge on any atom is 0.0381 e. The van der Waals surface area contributed by atoms with Crippen molar-refractivity contribution in [3.8, 4) is 0 Å². The summed E-state index contributed by atoms with van der Waals surface area (Å²) in [4.78, 5) is 2.16. The second-order valence-electron chi connectivity index (χ2n) is 2.93. The van der Waals surface area contributed by atoms with E-state index in [1.165, 1.54) is 0 Å². The van der Waals surface area contributed by atoms with Gasteiger partial charge in [-0.1, -0.05) is 13.8 Å². The van der Waals surface area contributed by atoms with Gasteiger partial charge in [-0.25, -0.2) is 0 Å². The highest BCUT2D eigenvalue weighted by molar-refractivity contribution is 6.18. The Morgan fingerprint density at radius 2 is 1.78 bits per heavy atom. The second-order valence-corrected chi connectivity index (χ2v) is 3.24. The summed E-state index contributed by atoms with van der Waals surface area (Å²) in [6.45, 7) is 4.38. The van der Waals surface area contributed by atoms with Crippen LogP contribution in [0.2, 0.25) is 0 Å². The van der Waals surface area contributed by atoms with Gasteiger partial charge in [-0.3, -0.25) is 0 Å². The van der Waals surface area contributed by atoms with E-state index in [4.69, 9.17) is 11.6 Å². The van der Waals surface area contributed by atoms with Crippen molar-refractivity contribution in [3.63, 3.8) is 0 Å². The minimum absolute atomic E-state index is 0.520. The first-order valence-corrected chi connectivity index (χ1v) is 3.85. The Kier molecular flexibility index (Phi) is 4.24. The highest BCUT2D eigenvalue weighted by Crippen LogP contribution is 2.08. The fraction of sp³-hybridized carbons (Fsp3) is 1.00. The Morgan fingerprint density at radius 3 is 1.78 bits per heavy atom. The molecule has 9 heavy (non-hydrogen) atoms. The van der Waals surface area contributed by atoms with Crippen molar-refractivity contribution >= 4 is 11.6 Å². The Morgan fingerprint density at radius 1 is 1.33 bits per heavy atom. The standard InChI is InChI=1S/C7H16ClN/c1-6(2)7(5-8)9(3)4/h6-7H,5H2,1-4H3/t7-/m1/s1. The highest BCUT2D eigenvalue weighted by atomic mass is 35.5. The van der Waals surface area contributed by atoms with Crippen molar-refractivity contribution in [2.75, 3.05) is 20.0 Å². The van der Waals surface area contributed by atoms with Crippen LogP contribution in [-0.4, -0.2) is 30.9 Å². The van der Waals surface area contributed by atoms with Crippen LogP contribution >= 0.6 is 11.6 Å². The van der Waals surface area contributed by atoms with Gasteiger partial charge in [0.2, 0.25) is 0 Å². The summed E-state index contributed by atoms with van der Waals surface area (Å²) in [5, 5.41) is 0. The summed E-state index contributed by atoms with van der Waals surface area (Å²) in [6, 6.07) is 0.520. The molecule has 0 bridgehead atoms. The average Bonchev–Trinajstić information content (AvgIpc) is 1.64. The largest absolute Gasteiger partial charge is 0.305 e. The van der Waals surface area contributed by atoms with Gasteiger partial charge in [-0.05, 0) is 20.0 Å². The van der Waals surface area contributed by atoms with Crippen molar-refractivity contribution < 1.29 is 0 Å². The van der Waals surface area contributed by atoms with Crippen molar-refractivity contribution in [3.05, 3.63) is 0 Å². The third kappa shape index (κ3) is 3.07. The van der Waals surface area contributed by atoms with Crippen LogP contribution in [0.3, 0.4) is 0 Å². The molecule has 0 spiro atoms. The number of hydrogen-bond donors (Lipinski definition) is 0. The first-order chi connectivity index (χ1) is 4.09. The van der Waals surface area contributed by atoms with Crippen LogP contribution in [0.4, 0.5) is 0 Å². The molecule has 0 aliphatic heterocycles. The topological polar surface area (TPSA) is 3.24 Å². The summed E-state index contributed by atoms with van der Waals surface area (Å²) in [7, 11) is 4.13. The van der Waals surface area contributed by atoms with Gasteiger partial charge in [0.1, 0.15) is 0 Å². The zero-order valence-electron chi connectivity index (χ0n) is 6.69. The third-order valence-electron chi connectivity index (χ3n) is 1.59. The number of rotatable bonds is 3. The molecule has 1 nitrogen and oxygen atoms in total. The van der Waals surface area contributed by atoms with Crippen molar-refractivity contribution in [1.82, 2.24) is 4.90 Å². The first-order valence-electron chi connectivity index (χ1n) is 3.32. The van der Waals surface area contributed by atoms with Gasteiger partial charge in [0.05, 0.1) is 0 Å². The Labute approximate surface area is 63.0 Å². The predicted molar refractivity (Wildman–Crippen MR) is 43.0 cm³/mol. The lowest BCUT2D eigenvalue weighted by molar-refractivity contribution is 0.254. The van der Waals surface area contributed by atoms with Crippen molar-refractivity contribution in [1.29, 1.82) is 0 Å². The molecule has 0 radical (unpaired) electrons. The predicted octanol–water partition coefficient (Wildman–Crippen LogP) is 1.81. The number of nitrogens with zero attached hydrogens (tertiary/aromatic N) is 1. The number of alkyl halides is 1. The normalized spacial score (nSPS) is 15.0. The van der Waals surface area contributed by atoms with Crippen LogP contribution in [0.25, 0.3) is 0 Å². The molecule has 0 aromatic rings. The van der Waals surface area contributed by atoms with Gasteiger partial charge in [0.15, 0.2) is 0 Å². The fourth-order valence-corrected chi connectivity index (χ4v) is 1.54. The first kappa shape index (κ1) is 9.25. The molecule has 56 valence electrons. The lowest BCUT2D eigenvalue weighted by Gasteiger charge is -2.25. The molecule has 0 N–H and O–H groups in total. The minimum Gasteiger partial charge on any atom is -0.305 e. The molecule has 0 unspecified atom stereocenters. The van der Waals surface area contributed by atoms with E-state index in [1.807, 2.05) is 0 Å². The maximum atomic E-state index is 5.72. The van der Waals surface area contributed by atoms with Crippen LogP contribution in [0, 0.1) is 5.92 Å². The minimum atomic E-state index is 0.520. The van der Waals surface area contributed by atoms with Crippen LogP contribution < -0.4 is 0 Å². The summed E-state index contributed by atoms with van der Waals surface area (Å²) in [5.41, 5.74) is 0. The van der Waals surface area contributed by atoms with Gasteiger partial charge in [0, 0.05) is 11.9 Å². The van der Waals surface area contributed by atoms with E-state index in [-0.39, 0.29) is 0 Å². The highest BCUT2D eigenvalue weighted by Gasteiger charge is 2.12. The molecule has 0 aromatic heterocycles. The monoisotopic (exact) mass is 149 g/mol. The van der Waals surface area contributed by atoms with Crippen LogP contribution in [0.15, 0.2) is 0 Å². The van der Waals surface area contributed by atoms with E-state index in [9.17, 15) is 0 Å². The van der Waals surface area contributed by atoms with Crippen molar-refractivity contribution in [2.45, 2.75) is 19.9 Å². The molecule has 0 aliphatic rings. The van der Waals surface area contributed by atoms with Crippen LogP contribution in [0.1, 0.15) is 13.8 Å². The van der Waals surface area contributed by atoms with Gasteiger partial charge >= 0.3 is 0 Å². The quantitative estimate of drug-likeness (QED) is 0.554. The molecule has 0 aliphatic carbocycles. The number of hydrogen-bond acceptors (Lipinski definition) is 1. The SMILES string of the molecule is CC(C)[C@@H](CCl)N(C)C. The Bertz CT molecular complexity index is 63.3. The molecule has 0 amide bonds. The summed E-state index contributed by atoms with van der Waals surface area (Å²) >= 11 is 5.72. The molecule has 2 heteroatoms. The lowest BCUT2D eigenvalue weighted by atomic mass is 10.1. The molecule has 1 atom stereocenters. The molecule has 0 fully saturated rings. The van der Waals surface area contributed by atoms with E-state index < -0.39 is 0 Å². The van der Waals surface area contributed by atoms with Crippen molar-refractivity contribution in [2.24, 2.45) is 5.92 Å². The molecule has 0 saturated carbocycles. The van der Waals surface area contributed by atoms with E-state index in [2.05, 4.69) is 32.8 Å². The second kappa shape index (κ2) is 4.13. The summed E-state index contributed by atoms with van der Waals surface area (Å²) in [6.07, 6.45) is 0. The lowest BCUT2D eigenvalue weighted by Crippen LogP contribution is -2.34. The van der Waals surface area contributed by atoms with E-state index in [0.717, 1.165) is 5.88 Å².